The second-order valence-electron chi connectivity index (χ2n) is 7.28. The summed E-state index contributed by atoms with van der Waals surface area (Å²) >= 11 is 6.57. The molecule has 0 unspecified atom stereocenters. The molecule has 1 saturated heterocycles. The number of nitrogens with two attached hydrogens (primary N) is 1. The molecule has 1 aromatic carbocycles. The topological polar surface area (TPSA) is 88.6 Å². The molecule has 2 aromatic rings. The van der Waals surface area contributed by atoms with E-state index in [1.54, 1.807) is 9.47 Å². The highest BCUT2D eigenvalue weighted by atomic mass is 35.5. The standard InChI is InChI=1S/C18H19ClFN3O3/c1-8-5-22(7-13(8)21)16-12(20)4-10-15(14(16)19)23(9-2-3-9)6-11(17(10)24)18(25)26/h4,6,8-9,13H,2-3,5,7,21H2,1H3,(H,25,26)/t8-,13-/m1/s1. The maximum absolute atomic E-state index is 14.9. The van der Waals surface area contributed by atoms with Crippen molar-refractivity contribution in [1.82, 2.24) is 4.57 Å². The van der Waals surface area contributed by atoms with Crippen molar-refractivity contribution in [2.45, 2.75) is 31.8 Å². The molecule has 1 aliphatic carbocycles. The molecule has 1 aliphatic heterocycles. The number of carboxylic acids is 1. The summed E-state index contributed by atoms with van der Waals surface area (Å²) in [5.74, 6) is -1.77. The van der Waals surface area contributed by atoms with E-state index in [9.17, 15) is 19.1 Å². The zero-order valence-electron chi connectivity index (χ0n) is 14.2. The first-order valence-corrected chi connectivity index (χ1v) is 8.98. The van der Waals surface area contributed by atoms with Crippen LogP contribution in [0.25, 0.3) is 10.9 Å². The van der Waals surface area contributed by atoms with E-state index in [1.165, 1.54) is 6.20 Å². The minimum Gasteiger partial charge on any atom is -0.477 e. The molecule has 2 aliphatic rings. The van der Waals surface area contributed by atoms with Gasteiger partial charge in [-0.2, -0.15) is 0 Å². The van der Waals surface area contributed by atoms with Crippen molar-refractivity contribution in [3.63, 3.8) is 0 Å². The van der Waals surface area contributed by atoms with E-state index in [4.69, 9.17) is 17.3 Å². The number of pyridine rings is 1. The minimum absolute atomic E-state index is 0.000376. The van der Waals surface area contributed by atoms with Gasteiger partial charge in [0.05, 0.1) is 21.6 Å². The van der Waals surface area contributed by atoms with Crippen LogP contribution in [0, 0.1) is 11.7 Å². The van der Waals surface area contributed by atoms with Crippen LogP contribution in [-0.2, 0) is 0 Å². The van der Waals surface area contributed by atoms with Crippen LogP contribution in [0.5, 0.6) is 0 Å². The molecule has 1 saturated carbocycles. The molecule has 8 heteroatoms. The van der Waals surface area contributed by atoms with Crippen LogP contribution < -0.4 is 16.1 Å². The van der Waals surface area contributed by atoms with Gasteiger partial charge < -0.3 is 20.3 Å². The van der Waals surface area contributed by atoms with Crippen molar-refractivity contribution in [2.24, 2.45) is 11.7 Å². The summed E-state index contributed by atoms with van der Waals surface area (Å²) in [5, 5.41) is 9.45. The second-order valence-corrected chi connectivity index (χ2v) is 7.66. The SMILES string of the molecule is C[C@@H]1CN(c2c(F)cc3c(=O)c(C(=O)O)cn(C4CC4)c3c2Cl)C[C@H]1N. The quantitative estimate of drug-likeness (QED) is 0.855. The molecule has 1 aromatic heterocycles. The molecule has 0 bridgehead atoms. The maximum Gasteiger partial charge on any atom is 0.341 e. The summed E-state index contributed by atoms with van der Waals surface area (Å²) in [6, 6.07) is 1.10. The Kier molecular flexibility index (Phi) is 3.96. The molecule has 26 heavy (non-hydrogen) atoms. The van der Waals surface area contributed by atoms with Gasteiger partial charge in [0.25, 0.3) is 0 Å². The predicted molar refractivity (Wildman–Crippen MR) is 97.8 cm³/mol. The number of fused-ring (bicyclic) bond motifs is 1. The summed E-state index contributed by atoms with van der Waals surface area (Å²) in [4.78, 5) is 25.8. The van der Waals surface area contributed by atoms with Gasteiger partial charge in [0.15, 0.2) is 0 Å². The Morgan fingerprint density at radius 3 is 2.62 bits per heavy atom. The van der Waals surface area contributed by atoms with Crippen molar-refractivity contribution in [1.29, 1.82) is 0 Å². The summed E-state index contributed by atoms with van der Waals surface area (Å²) in [6.45, 7) is 3.05. The first-order valence-electron chi connectivity index (χ1n) is 8.60. The molecule has 6 nitrogen and oxygen atoms in total. The van der Waals surface area contributed by atoms with E-state index in [1.807, 2.05) is 6.92 Å². The van der Waals surface area contributed by atoms with Crippen LogP contribution in [0.4, 0.5) is 10.1 Å². The Morgan fingerprint density at radius 2 is 2.08 bits per heavy atom. The van der Waals surface area contributed by atoms with Crippen molar-refractivity contribution >= 4 is 34.2 Å². The lowest BCUT2D eigenvalue weighted by Crippen LogP contribution is -2.29. The predicted octanol–water partition coefficient (Wildman–Crippen LogP) is 2.61. The van der Waals surface area contributed by atoms with Crippen molar-refractivity contribution in [3.8, 4) is 0 Å². The third-order valence-corrected chi connectivity index (χ3v) is 5.70. The largest absolute Gasteiger partial charge is 0.477 e. The molecule has 4 rings (SSSR count). The Morgan fingerprint density at radius 1 is 1.38 bits per heavy atom. The lowest BCUT2D eigenvalue weighted by molar-refractivity contribution is 0.0695. The Bertz CT molecular complexity index is 976. The number of hydrogen-bond acceptors (Lipinski definition) is 4. The highest BCUT2D eigenvalue weighted by Gasteiger charge is 2.33. The van der Waals surface area contributed by atoms with E-state index in [2.05, 4.69) is 0 Å². The van der Waals surface area contributed by atoms with Gasteiger partial charge in [-0.3, -0.25) is 4.79 Å². The van der Waals surface area contributed by atoms with Crippen LogP contribution in [0.15, 0.2) is 17.1 Å². The monoisotopic (exact) mass is 379 g/mol. The van der Waals surface area contributed by atoms with E-state index in [-0.39, 0.29) is 39.7 Å². The van der Waals surface area contributed by atoms with Gasteiger partial charge in [-0.25, -0.2) is 9.18 Å². The normalized spacial score (nSPS) is 23.0. The summed E-state index contributed by atoms with van der Waals surface area (Å²) in [5.41, 5.74) is 5.60. The first kappa shape index (κ1) is 17.3. The van der Waals surface area contributed by atoms with Gasteiger partial charge in [-0.15, -0.1) is 0 Å². The molecule has 138 valence electrons. The number of halogens is 2. The van der Waals surface area contributed by atoms with Gasteiger partial charge in [0.2, 0.25) is 5.43 Å². The highest BCUT2D eigenvalue weighted by Crippen LogP contribution is 2.42. The minimum atomic E-state index is -1.33. The number of benzene rings is 1. The average Bonchev–Trinajstić information content (AvgIpc) is 3.35. The Hall–Kier alpha value is -2.12. The number of carbonyl (C=O) groups is 1. The van der Waals surface area contributed by atoms with Gasteiger partial charge in [-0.1, -0.05) is 18.5 Å². The Labute approximate surface area is 154 Å². The molecule has 0 amide bonds. The fourth-order valence-electron chi connectivity index (χ4n) is 3.69. The molecule has 2 heterocycles. The molecule has 3 N–H and O–H groups in total. The number of aromatic nitrogens is 1. The number of hydrogen-bond donors (Lipinski definition) is 2. The van der Waals surface area contributed by atoms with Gasteiger partial charge in [0, 0.05) is 31.4 Å². The maximum atomic E-state index is 14.9. The number of nitrogens with zero attached hydrogens (tertiary/aromatic N) is 2. The smallest absolute Gasteiger partial charge is 0.341 e. The third kappa shape index (κ3) is 2.57. The van der Waals surface area contributed by atoms with Crippen LogP contribution in [0.3, 0.4) is 0 Å². The molecule has 2 fully saturated rings. The van der Waals surface area contributed by atoms with Crippen LogP contribution in [-0.4, -0.2) is 34.8 Å². The van der Waals surface area contributed by atoms with Gasteiger partial charge in [-0.05, 0) is 24.8 Å². The van der Waals surface area contributed by atoms with Crippen LogP contribution in [0.1, 0.15) is 36.2 Å². The van der Waals surface area contributed by atoms with E-state index in [0.717, 1.165) is 18.9 Å². The molecular weight excluding hydrogens is 361 g/mol. The Balaban J connectivity index is 2.00. The van der Waals surface area contributed by atoms with Crippen molar-refractivity contribution in [3.05, 3.63) is 38.9 Å². The second kappa shape index (κ2) is 5.96. The number of rotatable bonds is 3. The van der Waals surface area contributed by atoms with Crippen molar-refractivity contribution in [2.75, 3.05) is 18.0 Å². The van der Waals surface area contributed by atoms with E-state index < -0.39 is 17.2 Å². The first-order chi connectivity index (χ1) is 12.3. The third-order valence-electron chi connectivity index (χ3n) is 5.34. The summed E-state index contributed by atoms with van der Waals surface area (Å²) < 4.78 is 16.6. The van der Waals surface area contributed by atoms with E-state index >= 15 is 0 Å². The molecule has 0 radical (unpaired) electrons. The molecule has 2 atom stereocenters. The number of carboxylic acid groups (broad SMARTS) is 1. The van der Waals surface area contributed by atoms with Crippen LogP contribution in [0.2, 0.25) is 5.02 Å². The van der Waals surface area contributed by atoms with E-state index in [0.29, 0.717) is 18.6 Å². The molecular formula is C18H19ClFN3O3. The van der Waals surface area contributed by atoms with Gasteiger partial charge in [0.1, 0.15) is 11.4 Å². The van der Waals surface area contributed by atoms with Gasteiger partial charge >= 0.3 is 5.97 Å². The zero-order valence-corrected chi connectivity index (χ0v) is 15.0. The number of aromatic carboxylic acids is 1. The highest BCUT2D eigenvalue weighted by molar-refractivity contribution is 6.38. The number of anilines is 1. The lowest BCUT2D eigenvalue weighted by Gasteiger charge is -2.23. The average molecular weight is 380 g/mol. The lowest BCUT2D eigenvalue weighted by atomic mass is 10.1. The van der Waals surface area contributed by atoms with Crippen molar-refractivity contribution < 1.29 is 14.3 Å². The molecule has 0 spiro atoms. The summed E-state index contributed by atoms with van der Waals surface area (Å²) in [7, 11) is 0. The van der Waals surface area contributed by atoms with Crippen LogP contribution >= 0.6 is 11.6 Å². The summed E-state index contributed by atoms with van der Waals surface area (Å²) in [6.07, 6.45) is 3.06. The fraction of sp³-hybridized carbons (Fsp3) is 0.444. The fourth-order valence-corrected chi connectivity index (χ4v) is 4.10. The zero-order chi connectivity index (χ0) is 18.7.